The Labute approximate surface area is 217 Å². The Balaban J connectivity index is 1.13. The number of fused-ring (bicyclic) bond motifs is 1. The van der Waals surface area contributed by atoms with Crippen LogP contribution in [0.25, 0.3) is 6.08 Å². The normalized spacial score (nSPS) is 20.6. The molecule has 0 aromatic heterocycles. The van der Waals surface area contributed by atoms with Gasteiger partial charge in [-0.3, -0.25) is 9.69 Å². The molecule has 2 fully saturated rings. The molecule has 1 amide bonds. The Bertz CT molecular complexity index is 1090. The fraction of sp³-hybridized carbons (Fsp3) is 0.444. The minimum absolute atomic E-state index is 0.0905. The molecule has 0 N–H and O–H groups in total. The Morgan fingerprint density at radius 3 is 2.69 bits per heavy atom. The monoisotopic (exact) mass is 515 g/mol. The highest BCUT2D eigenvalue weighted by Crippen LogP contribution is 2.34. The Hall–Kier alpha value is -2.41. The number of nitrogens with zero attached hydrogens (tertiary/aromatic N) is 3. The molecule has 2 aromatic carbocycles. The molecule has 5 rings (SSSR count). The molecule has 0 spiro atoms. The molecule has 0 bridgehead atoms. The van der Waals surface area contributed by atoms with E-state index in [1.54, 1.807) is 6.08 Å². The van der Waals surface area contributed by atoms with E-state index in [0.29, 0.717) is 10.0 Å². The van der Waals surface area contributed by atoms with Crippen LogP contribution in [0.4, 0.5) is 5.69 Å². The van der Waals surface area contributed by atoms with Crippen molar-refractivity contribution in [3.63, 3.8) is 0 Å². The number of ether oxygens (including phenoxy) is 2. The number of anilines is 1. The van der Waals surface area contributed by atoms with Gasteiger partial charge in [-0.1, -0.05) is 35.3 Å². The van der Waals surface area contributed by atoms with E-state index in [1.807, 2.05) is 42.5 Å². The van der Waals surface area contributed by atoms with Gasteiger partial charge >= 0.3 is 0 Å². The van der Waals surface area contributed by atoms with Crippen molar-refractivity contribution in [1.29, 1.82) is 0 Å². The summed E-state index contributed by atoms with van der Waals surface area (Å²) in [6.45, 7) is 5.88. The van der Waals surface area contributed by atoms with Gasteiger partial charge in [0.05, 0.1) is 15.7 Å². The third-order valence-electron chi connectivity index (χ3n) is 7.15. The lowest BCUT2D eigenvalue weighted by molar-refractivity contribution is -0.129. The molecule has 2 aromatic rings. The van der Waals surface area contributed by atoms with Crippen LogP contribution in [-0.4, -0.2) is 67.8 Å². The smallest absolute Gasteiger partial charge is 0.246 e. The SMILES string of the molecule is O=C(/C=C/c1ccc2c(c1)OCO2)N1CCCC[C@H]1CCN1CCN(c2cccc(Cl)c2Cl)CC1. The molecule has 6 nitrogen and oxygen atoms in total. The van der Waals surface area contributed by atoms with Crippen LogP contribution in [0.1, 0.15) is 31.2 Å². The van der Waals surface area contributed by atoms with E-state index in [4.69, 9.17) is 32.7 Å². The second-order valence-electron chi connectivity index (χ2n) is 9.32. The van der Waals surface area contributed by atoms with Crippen LogP contribution in [-0.2, 0) is 4.79 Å². The van der Waals surface area contributed by atoms with E-state index >= 15 is 0 Å². The first-order valence-corrected chi connectivity index (χ1v) is 13.1. The summed E-state index contributed by atoms with van der Waals surface area (Å²) in [7, 11) is 0. The molecular weight excluding hydrogens is 485 g/mol. The zero-order valence-electron chi connectivity index (χ0n) is 19.8. The highest BCUT2D eigenvalue weighted by atomic mass is 35.5. The number of carbonyl (C=O) groups is 1. The van der Waals surface area contributed by atoms with Crippen LogP contribution < -0.4 is 14.4 Å². The van der Waals surface area contributed by atoms with Gasteiger partial charge in [-0.15, -0.1) is 0 Å². The van der Waals surface area contributed by atoms with Crippen molar-refractivity contribution in [3.05, 3.63) is 58.1 Å². The Kier molecular flexibility index (Phi) is 7.71. The van der Waals surface area contributed by atoms with Gasteiger partial charge in [0, 0.05) is 51.4 Å². The average molecular weight is 516 g/mol. The van der Waals surface area contributed by atoms with Crippen molar-refractivity contribution >= 4 is 40.9 Å². The van der Waals surface area contributed by atoms with Crippen molar-refractivity contribution in [2.24, 2.45) is 0 Å². The molecule has 0 aliphatic carbocycles. The van der Waals surface area contributed by atoms with Crippen LogP contribution >= 0.6 is 23.2 Å². The van der Waals surface area contributed by atoms with Crippen LogP contribution in [0, 0.1) is 0 Å². The molecule has 2 saturated heterocycles. The van der Waals surface area contributed by atoms with Crippen LogP contribution in [0.5, 0.6) is 11.5 Å². The van der Waals surface area contributed by atoms with Crippen LogP contribution in [0.3, 0.4) is 0 Å². The Morgan fingerprint density at radius 2 is 1.83 bits per heavy atom. The first-order valence-electron chi connectivity index (χ1n) is 12.4. The van der Waals surface area contributed by atoms with E-state index in [-0.39, 0.29) is 18.7 Å². The fourth-order valence-corrected chi connectivity index (χ4v) is 5.57. The minimum atomic E-state index is 0.0905. The first-order chi connectivity index (χ1) is 17.1. The van der Waals surface area contributed by atoms with Gasteiger partial charge in [0.1, 0.15) is 0 Å². The minimum Gasteiger partial charge on any atom is -0.454 e. The summed E-state index contributed by atoms with van der Waals surface area (Å²) in [6, 6.07) is 11.8. The maximum Gasteiger partial charge on any atom is 0.246 e. The maximum absolute atomic E-state index is 13.1. The topological polar surface area (TPSA) is 45.3 Å². The predicted molar refractivity (Wildman–Crippen MR) is 141 cm³/mol. The van der Waals surface area contributed by atoms with Crippen molar-refractivity contribution in [2.75, 3.05) is 51.0 Å². The molecule has 0 saturated carbocycles. The number of amides is 1. The number of carbonyl (C=O) groups excluding carboxylic acids is 1. The van der Waals surface area contributed by atoms with Crippen molar-refractivity contribution in [1.82, 2.24) is 9.80 Å². The number of rotatable bonds is 6. The van der Waals surface area contributed by atoms with Crippen molar-refractivity contribution in [3.8, 4) is 11.5 Å². The number of halogens is 2. The summed E-state index contributed by atoms with van der Waals surface area (Å²) in [6.07, 6.45) is 7.89. The molecule has 35 heavy (non-hydrogen) atoms. The quantitative estimate of drug-likeness (QED) is 0.486. The third-order valence-corrected chi connectivity index (χ3v) is 7.96. The second kappa shape index (κ2) is 11.1. The summed E-state index contributed by atoms with van der Waals surface area (Å²) < 4.78 is 10.8. The van der Waals surface area contributed by atoms with E-state index < -0.39 is 0 Å². The predicted octanol–water partition coefficient (Wildman–Crippen LogP) is 5.33. The third kappa shape index (κ3) is 5.71. The summed E-state index contributed by atoms with van der Waals surface area (Å²) in [5.74, 6) is 1.57. The first kappa shape index (κ1) is 24.3. The van der Waals surface area contributed by atoms with Gasteiger partial charge in [0.2, 0.25) is 12.7 Å². The molecule has 0 radical (unpaired) electrons. The van der Waals surface area contributed by atoms with E-state index in [1.165, 1.54) is 6.42 Å². The zero-order valence-corrected chi connectivity index (χ0v) is 21.3. The zero-order chi connectivity index (χ0) is 24.2. The summed E-state index contributed by atoms with van der Waals surface area (Å²) in [4.78, 5) is 19.9. The van der Waals surface area contributed by atoms with Gasteiger partial charge in [-0.25, -0.2) is 0 Å². The second-order valence-corrected chi connectivity index (χ2v) is 10.1. The number of hydrogen-bond acceptors (Lipinski definition) is 5. The number of hydrogen-bond donors (Lipinski definition) is 0. The fourth-order valence-electron chi connectivity index (χ4n) is 5.15. The summed E-state index contributed by atoms with van der Waals surface area (Å²) in [5, 5.41) is 1.23. The highest BCUT2D eigenvalue weighted by molar-refractivity contribution is 6.43. The standard InChI is InChI=1S/C27H31Cl2N3O3/c28-22-5-3-6-23(27(22)29)31-16-14-30(15-17-31)13-11-21-4-1-2-12-32(21)26(33)10-8-20-7-9-24-25(18-20)35-19-34-24/h3,5-10,18,21H,1-2,4,11-17,19H2/b10-8+/t21-/m0/s1. The molecule has 1 atom stereocenters. The van der Waals surface area contributed by atoms with Crippen molar-refractivity contribution in [2.45, 2.75) is 31.7 Å². The number of piperazine rings is 1. The van der Waals surface area contributed by atoms with Crippen LogP contribution in [0.2, 0.25) is 10.0 Å². The van der Waals surface area contributed by atoms with Gasteiger partial charge in [-0.05, 0) is 61.6 Å². The highest BCUT2D eigenvalue weighted by Gasteiger charge is 2.27. The number of piperidine rings is 1. The van der Waals surface area contributed by atoms with E-state index in [0.717, 1.165) is 81.3 Å². The molecule has 8 heteroatoms. The van der Waals surface area contributed by atoms with E-state index in [9.17, 15) is 4.79 Å². The average Bonchev–Trinajstić information content (AvgIpc) is 3.36. The van der Waals surface area contributed by atoms with Gasteiger partial charge < -0.3 is 19.3 Å². The summed E-state index contributed by atoms with van der Waals surface area (Å²) >= 11 is 12.6. The van der Waals surface area contributed by atoms with Crippen molar-refractivity contribution < 1.29 is 14.3 Å². The molecule has 3 heterocycles. The maximum atomic E-state index is 13.1. The molecule has 3 aliphatic heterocycles. The van der Waals surface area contributed by atoms with Gasteiger partial charge in [0.15, 0.2) is 11.5 Å². The van der Waals surface area contributed by atoms with Gasteiger partial charge in [-0.2, -0.15) is 0 Å². The van der Waals surface area contributed by atoms with Gasteiger partial charge in [0.25, 0.3) is 0 Å². The number of benzene rings is 2. The lowest BCUT2D eigenvalue weighted by Gasteiger charge is -2.39. The largest absolute Gasteiger partial charge is 0.454 e. The lowest BCUT2D eigenvalue weighted by atomic mass is 9.98. The number of likely N-dealkylation sites (tertiary alicyclic amines) is 1. The Morgan fingerprint density at radius 1 is 1.00 bits per heavy atom. The molecule has 0 unspecified atom stereocenters. The summed E-state index contributed by atoms with van der Waals surface area (Å²) in [5.41, 5.74) is 1.95. The lowest BCUT2D eigenvalue weighted by Crippen LogP contribution is -2.49. The van der Waals surface area contributed by atoms with E-state index in [2.05, 4.69) is 14.7 Å². The van der Waals surface area contributed by atoms with Crippen LogP contribution in [0.15, 0.2) is 42.5 Å². The molecule has 3 aliphatic rings. The molecule has 186 valence electrons. The molecular formula is C27H31Cl2N3O3.